The minimum Gasteiger partial charge on any atom is -0.399 e. The van der Waals surface area contributed by atoms with Crippen molar-refractivity contribution in [3.8, 4) is 0 Å². The highest BCUT2D eigenvalue weighted by molar-refractivity contribution is 7.89. The number of aromatic nitrogens is 1. The molecule has 6 nitrogen and oxygen atoms in total. The third kappa shape index (κ3) is 3.75. The molecule has 2 aromatic rings. The molecule has 2 rings (SSSR count). The lowest BCUT2D eigenvalue weighted by molar-refractivity contribution is 0.379. The van der Waals surface area contributed by atoms with Crippen molar-refractivity contribution in [3.63, 3.8) is 0 Å². The van der Waals surface area contributed by atoms with Crippen molar-refractivity contribution in [2.45, 2.75) is 24.3 Å². The fraction of sp³-hybridized carbons (Fsp3) is 0.429. The summed E-state index contributed by atoms with van der Waals surface area (Å²) in [5.74, 6) is 0. The maximum Gasteiger partial charge on any atom is 0.242 e. The van der Waals surface area contributed by atoms with E-state index in [0.717, 1.165) is 18.5 Å². The van der Waals surface area contributed by atoms with Gasteiger partial charge in [-0.3, -0.25) is 0 Å². The molecular formula is C14H22N4O2S. The maximum atomic E-state index is 12.5. The van der Waals surface area contributed by atoms with Crippen molar-refractivity contribution in [2.24, 2.45) is 0 Å². The number of hydrogen-bond donors (Lipinski definition) is 3. The Hall–Kier alpha value is -1.57. The van der Waals surface area contributed by atoms with Crippen LogP contribution < -0.4 is 10.5 Å². The molecule has 1 atom stereocenters. The molecule has 1 heterocycles. The minimum absolute atomic E-state index is 0.136. The molecule has 4 N–H and O–H groups in total. The van der Waals surface area contributed by atoms with Gasteiger partial charge in [0.05, 0.1) is 0 Å². The molecule has 21 heavy (non-hydrogen) atoms. The highest BCUT2D eigenvalue weighted by atomic mass is 32.2. The van der Waals surface area contributed by atoms with E-state index in [0.29, 0.717) is 11.1 Å². The van der Waals surface area contributed by atoms with Crippen LogP contribution in [0.15, 0.2) is 29.3 Å². The topological polar surface area (TPSA) is 91.2 Å². The predicted octanol–water partition coefficient (Wildman–Crippen LogP) is 1.37. The van der Waals surface area contributed by atoms with Crippen LogP contribution in [0.4, 0.5) is 5.69 Å². The second kappa shape index (κ2) is 6.05. The second-order valence-corrected chi connectivity index (χ2v) is 7.25. The van der Waals surface area contributed by atoms with Crippen molar-refractivity contribution in [3.05, 3.63) is 24.4 Å². The Balaban J connectivity index is 2.23. The van der Waals surface area contributed by atoms with Crippen LogP contribution in [-0.2, 0) is 10.0 Å². The molecule has 0 radical (unpaired) electrons. The molecule has 7 heteroatoms. The minimum atomic E-state index is -3.56. The van der Waals surface area contributed by atoms with E-state index in [9.17, 15) is 8.42 Å². The number of sulfonamides is 1. The predicted molar refractivity (Wildman–Crippen MR) is 85.7 cm³/mol. The van der Waals surface area contributed by atoms with Gasteiger partial charge in [-0.15, -0.1) is 0 Å². The van der Waals surface area contributed by atoms with Crippen LogP contribution in [0.25, 0.3) is 10.9 Å². The fourth-order valence-electron chi connectivity index (χ4n) is 2.17. The Labute approximate surface area is 125 Å². The lowest BCUT2D eigenvalue weighted by Gasteiger charge is -2.16. The van der Waals surface area contributed by atoms with Crippen molar-refractivity contribution in [1.29, 1.82) is 0 Å². The van der Waals surface area contributed by atoms with E-state index in [1.165, 1.54) is 6.20 Å². The number of fused-ring (bicyclic) bond motifs is 1. The van der Waals surface area contributed by atoms with Gasteiger partial charge >= 0.3 is 0 Å². The summed E-state index contributed by atoms with van der Waals surface area (Å²) in [5.41, 5.74) is 7.04. The quantitative estimate of drug-likeness (QED) is 0.703. The van der Waals surface area contributed by atoms with Crippen LogP contribution in [0.1, 0.15) is 13.3 Å². The third-order valence-electron chi connectivity index (χ3n) is 3.32. The zero-order valence-electron chi connectivity index (χ0n) is 12.6. The van der Waals surface area contributed by atoms with E-state index in [1.54, 1.807) is 18.2 Å². The van der Waals surface area contributed by atoms with E-state index in [4.69, 9.17) is 5.73 Å². The number of benzene rings is 1. The molecule has 0 spiro atoms. The Morgan fingerprint density at radius 2 is 2.10 bits per heavy atom. The SMILES string of the molecule is CC(CCN(C)C)NS(=O)(=O)c1c[nH]c2ccc(N)cc12. The normalized spacial score (nSPS) is 13.9. The van der Waals surface area contributed by atoms with Gasteiger partial charge in [0.2, 0.25) is 10.0 Å². The van der Waals surface area contributed by atoms with Crippen LogP contribution in [0.5, 0.6) is 0 Å². The zero-order chi connectivity index (χ0) is 15.6. The number of rotatable bonds is 6. The summed E-state index contributed by atoms with van der Waals surface area (Å²) in [6.45, 7) is 2.69. The van der Waals surface area contributed by atoms with Crippen molar-refractivity contribution >= 4 is 26.6 Å². The summed E-state index contributed by atoms with van der Waals surface area (Å²) in [5, 5.41) is 0.613. The van der Waals surface area contributed by atoms with Gasteiger partial charge in [0.25, 0.3) is 0 Å². The molecule has 1 aromatic carbocycles. The Bertz CT molecular complexity index is 722. The first-order chi connectivity index (χ1) is 9.79. The van der Waals surface area contributed by atoms with E-state index in [-0.39, 0.29) is 10.9 Å². The molecule has 0 fully saturated rings. The number of nitrogens with one attached hydrogen (secondary N) is 2. The first-order valence-electron chi connectivity index (χ1n) is 6.83. The van der Waals surface area contributed by atoms with Gasteiger partial charge < -0.3 is 15.6 Å². The Kier molecular flexibility index (Phi) is 4.55. The fourth-order valence-corrected chi connectivity index (χ4v) is 3.62. The van der Waals surface area contributed by atoms with Crippen LogP contribution in [0.3, 0.4) is 0 Å². The molecular weight excluding hydrogens is 288 g/mol. The highest BCUT2D eigenvalue weighted by Crippen LogP contribution is 2.24. The van der Waals surface area contributed by atoms with Gasteiger partial charge in [-0.2, -0.15) is 0 Å². The number of nitrogens with zero attached hydrogens (tertiary/aromatic N) is 1. The van der Waals surface area contributed by atoms with E-state index in [2.05, 4.69) is 9.71 Å². The molecule has 1 aromatic heterocycles. The number of H-pyrrole nitrogens is 1. The summed E-state index contributed by atoms with van der Waals surface area (Å²) in [6, 6.07) is 5.05. The second-order valence-electron chi connectivity index (χ2n) is 5.57. The highest BCUT2D eigenvalue weighted by Gasteiger charge is 2.21. The number of aromatic amines is 1. The van der Waals surface area contributed by atoms with E-state index >= 15 is 0 Å². The first-order valence-corrected chi connectivity index (χ1v) is 8.31. The Morgan fingerprint density at radius 3 is 2.76 bits per heavy atom. The zero-order valence-corrected chi connectivity index (χ0v) is 13.4. The molecule has 1 unspecified atom stereocenters. The lowest BCUT2D eigenvalue weighted by Crippen LogP contribution is -2.34. The van der Waals surface area contributed by atoms with Gasteiger partial charge in [0.15, 0.2) is 0 Å². The third-order valence-corrected chi connectivity index (χ3v) is 4.95. The number of nitrogens with two attached hydrogens (primary N) is 1. The monoisotopic (exact) mass is 310 g/mol. The average molecular weight is 310 g/mol. The largest absolute Gasteiger partial charge is 0.399 e. The molecule has 0 saturated carbocycles. The van der Waals surface area contributed by atoms with Crippen molar-refractivity contribution < 1.29 is 8.42 Å². The van der Waals surface area contributed by atoms with Gasteiger partial charge in [0, 0.05) is 28.8 Å². The average Bonchev–Trinajstić information content (AvgIpc) is 2.79. The molecule has 0 aliphatic heterocycles. The van der Waals surface area contributed by atoms with Crippen molar-refractivity contribution in [2.75, 3.05) is 26.4 Å². The molecule has 116 valence electrons. The number of anilines is 1. The molecule has 0 amide bonds. The number of hydrogen-bond acceptors (Lipinski definition) is 4. The lowest BCUT2D eigenvalue weighted by atomic mass is 10.2. The van der Waals surface area contributed by atoms with E-state index < -0.39 is 10.0 Å². The summed E-state index contributed by atoms with van der Waals surface area (Å²) < 4.78 is 27.7. The maximum absolute atomic E-state index is 12.5. The summed E-state index contributed by atoms with van der Waals surface area (Å²) in [4.78, 5) is 5.22. The van der Waals surface area contributed by atoms with Gasteiger partial charge in [0.1, 0.15) is 4.90 Å². The van der Waals surface area contributed by atoms with Crippen LogP contribution in [0, 0.1) is 0 Å². The number of nitrogen functional groups attached to an aromatic ring is 1. The van der Waals surface area contributed by atoms with Gasteiger partial charge in [-0.25, -0.2) is 13.1 Å². The van der Waals surface area contributed by atoms with E-state index in [1.807, 2.05) is 25.9 Å². The van der Waals surface area contributed by atoms with Crippen LogP contribution >= 0.6 is 0 Å². The Morgan fingerprint density at radius 1 is 1.38 bits per heavy atom. The molecule has 0 saturated heterocycles. The van der Waals surface area contributed by atoms with Gasteiger partial charge in [-0.1, -0.05) is 0 Å². The molecule has 0 aliphatic carbocycles. The molecule has 0 aliphatic rings. The molecule has 0 bridgehead atoms. The summed E-state index contributed by atoms with van der Waals surface area (Å²) in [7, 11) is 0.361. The van der Waals surface area contributed by atoms with Crippen LogP contribution in [-0.4, -0.2) is 45.0 Å². The summed E-state index contributed by atoms with van der Waals surface area (Å²) >= 11 is 0. The first kappa shape index (κ1) is 15.8. The van der Waals surface area contributed by atoms with Crippen LogP contribution in [0.2, 0.25) is 0 Å². The smallest absolute Gasteiger partial charge is 0.242 e. The van der Waals surface area contributed by atoms with Crippen molar-refractivity contribution in [1.82, 2.24) is 14.6 Å². The summed E-state index contributed by atoms with van der Waals surface area (Å²) in [6.07, 6.45) is 2.25. The van der Waals surface area contributed by atoms with Gasteiger partial charge in [-0.05, 0) is 52.2 Å². The standard InChI is InChI=1S/C14H22N4O2S/c1-10(6-7-18(2)3)17-21(19,20)14-9-16-13-5-4-11(15)8-12(13)14/h4-5,8-10,16-17H,6-7,15H2,1-3H3.